The molecule has 0 amide bonds. The Kier molecular flexibility index (Phi) is 4.28. The predicted molar refractivity (Wildman–Crippen MR) is 80.4 cm³/mol. The van der Waals surface area contributed by atoms with Gasteiger partial charge in [0, 0.05) is 5.69 Å². The third kappa shape index (κ3) is 3.29. The number of halogens is 1. The van der Waals surface area contributed by atoms with Gasteiger partial charge in [-0.05, 0) is 53.8 Å². The molecule has 2 nitrogen and oxygen atoms in total. The lowest BCUT2D eigenvalue weighted by molar-refractivity contribution is 0.301. The summed E-state index contributed by atoms with van der Waals surface area (Å²) in [5.74, 6) is 0.942. The molecule has 3 heteroatoms. The number of nitrogen functional groups attached to an aromatic ring is 1. The van der Waals surface area contributed by atoms with Crippen molar-refractivity contribution in [3.8, 4) is 5.75 Å². The number of aryl methyl sites for hydroxylation is 1. The number of hydrogen-bond donors (Lipinski definition) is 1. The second-order valence-electron chi connectivity index (χ2n) is 5.32. The van der Waals surface area contributed by atoms with Crippen molar-refractivity contribution in [1.29, 1.82) is 0 Å². The van der Waals surface area contributed by atoms with E-state index in [0.717, 1.165) is 28.1 Å². The maximum Gasteiger partial charge on any atom is 0.123 e. The molecule has 0 heterocycles. The zero-order valence-electron chi connectivity index (χ0n) is 12.1. The van der Waals surface area contributed by atoms with Gasteiger partial charge in [0.2, 0.25) is 0 Å². The fourth-order valence-electron chi connectivity index (χ4n) is 2.03. The Hall–Kier alpha value is -2.03. The first-order chi connectivity index (χ1) is 9.47. The average molecular weight is 273 g/mol. The Bertz CT molecular complexity index is 591. The highest BCUT2D eigenvalue weighted by Gasteiger charge is 2.10. The second kappa shape index (κ2) is 5.95. The molecule has 0 aromatic heterocycles. The Morgan fingerprint density at radius 3 is 2.40 bits per heavy atom. The number of benzene rings is 2. The minimum absolute atomic E-state index is 0.236. The van der Waals surface area contributed by atoms with Crippen LogP contribution in [0.2, 0.25) is 0 Å². The van der Waals surface area contributed by atoms with Crippen LogP contribution in [0.5, 0.6) is 5.75 Å². The third-order valence-corrected chi connectivity index (χ3v) is 3.33. The van der Waals surface area contributed by atoms with E-state index in [1.54, 1.807) is 12.1 Å². The van der Waals surface area contributed by atoms with Crippen LogP contribution >= 0.6 is 0 Å². The van der Waals surface area contributed by atoms with Gasteiger partial charge in [0.15, 0.2) is 0 Å². The molecule has 2 rings (SSSR count). The van der Waals surface area contributed by atoms with Crippen LogP contribution in [-0.2, 0) is 6.61 Å². The zero-order chi connectivity index (χ0) is 14.7. The summed E-state index contributed by atoms with van der Waals surface area (Å²) >= 11 is 0. The highest BCUT2D eigenvalue weighted by Crippen LogP contribution is 2.31. The van der Waals surface area contributed by atoms with Gasteiger partial charge < -0.3 is 10.5 Å². The van der Waals surface area contributed by atoms with Crippen molar-refractivity contribution in [2.75, 3.05) is 5.73 Å². The molecule has 0 saturated heterocycles. The number of hydrogen-bond acceptors (Lipinski definition) is 2. The van der Waals surface area contributed by atoms with Crippen molar-refractivity contribution in [2.24, 2.45) is 0 Å². The van der Waals surface area contributed by atoms with E-state index in [9.17, 15) is 4.39 Å². The van der Waals surface area contributed by atoms with Crippen LogP contribution in [0.25, 0.3) is 0 Å². The molecular weight excluding hydrogens is 253 g/mol. The van der Waals surface area contributed by atoms with Gasteiger partial charge in [-0.3, -0.25) is 0 Å². The standard InChI is InChI=1S/C17H20FNO/c1-11(2)15-9-16(19)12(3)8-17(15)20-10-13-4-6-14(18)7-5-13/h4-9,11H,10,19H2,1-3H3. The van der Waals surface area contributed by atoms with Gasteiger partial charge >= 0.3 is 0 Å². The van der Waals surface area contributed by atoms with Crippen LogP contribution in [0.15, 0.2) is 36.4 Å². The predicted octanol–water partition coefficient (Wildman–Crippen LogP) is 4.42. The first-order valence-corrected chi connectivity index (χ1v) is 6.74. The average Bonchev–Trinajstić information content (AvgIpc) is 2.41. The monoisotopic (exact) mass is 273 g/mol. The van der Waals surface area contributed by atoms with E-state index in [-0.39, 0.29) is 5.82 Å². The van der Waals surface area contributed by atoms with Crippen molar-refractivity contribution < 1.29 is 9.13 Å². The second-order valence-corrected chi connectivity index (χ2v) is 5.32. The lowest BCUT2D eigenvalue weighted by Gasteiger charge is -2.16. The normalized spacial score (nSPS) is 10.8. The van der Waals surface area contributed by atoms with Crippen molar-refractivity contribution in [1.82, 2.24) is 0 Å². The first kappa shape index (κ1) is 14.4. The van der Waals surface area contributed by atoms with Crippen LogP contribution in [0.1, 0.15) is 36.5 Å². The number of anilines is 1. The van der Waals surface area contributed by atoms with Gasteiger partial charge in [-0.1, -0.05) is 26.0 Å². The SMILES string of the molecule is Cc1cc(OCc2ccc(F)cc2)c(C(C)C)cc1N. The quantitative estimate of drug-likeness (QED) is 0.837. The molecule has 106 valence electrons. The molecule has 0 atom stereocenters. The Labute approximate surface area is 119 Å². The Morgan fingerprint density at radius 2 is 1.80 bits per heavy atom. The fraction of sp³-hybridized carbons (Fsp3) is 0.294. The van der Waals surface area contributed by atoms with E-state index in [4.69, 9.17) is 10.5 Å². The van der Waals surface area contributed by atoms with Gasteiger partial charge in [0.05, 0.1) is 0 Å². The summed E-state index contributed by atoms with van der Waals surface area (Å²) in [4.78, 5) is 0. The van der Waals surface area contributed by atoms with E-state index < -0.39 is 0 Å². The van der Waals surface area contributed by atoms with E-state index in [2.05, 4.69) is 13.8 Å². The molecule has 2 N–H and O–H groups in total. The van der Waals surface area contributed by atoms with Crippen LogP contribution in [0.4, 0.5) is 10.1 Å². The molecule has 2 aromatic rings. The molecule has 0 bridgehead atoms. The zero-order valence-corrected chi connectivity index (χ0v) is 12.1. The highest BCUT2D eigenvalue weighted by molar-refractivity contribution is 5.55. The van der Waals surface area contributed by atoms with Crippen molar-refractivity contribution in [3.63, 3.8) is 0 Å². The molecule has 0 aliphatic rings. The molecule has 0 radical (unpaired) electrons. The summed E-state index contributed by atoms with van der Waals surface area (Å²) in [6, 6.07) is 10.3. The lowest BCUT2D eigenvalue weighted by atomic mass is 9.99. The van der Waals surface area contributed by atoms with Crippen LogP contribution < -0.4 is 10.5 Å². The fourth-order valence-corrected chi connectivity index (χ4v) is 2.03. The minimum Gasteiger partial charge on any atom is -0.489 e. The van der Waals surface area contributed by atoms with E-state index in [0.29, 0.717) is 12.5 Å². The topological polar surface area (TPSA) is 35.2 Å². The molecular formula is C17H20FNO. The maximum absolute atomic E-state index is 12.9. The molecule has 0 spiro atoms. The first-order valence-electron chi connectivity index (χ1n) is 6.74. The Morgan fingerprint density at radius 1 is 1.15 bits per heavy atom. The molecule has 0 fully saturated rings. The summed E-state index contributed by atoms with van der Waals surface area (Å²) in [6.07, 6.45) is 0. The maximum atomic E-state index is 12.9. The van der Waals surface area contributed by atoms with Gasteiger partial charge in [0.25, 0.3) is 0 Å². The summed E-state index contributed by atoms with van der Waals surface area (Å²) in [5, 5.41) is 0. The van der Waals surface area contributed by atoms with E-state index in [1.165, 1.54) is 12.1 Å². The van der Waals surface area contributed by atoms with Crippen LogP contribution in [0, 0.1) is 12.7 Å². The highest BCUT2D eigenvalue weighted by atomic mass is 19.1. The number of ether oxygens (including phenoxy) is 1. The van der Waals surface area contributed by atoms with E-state index in [1.807, 2.05) is 19.1 Å². The van der Waals surface area contributed by atoms with E-state index >= 15 is 0 Å². The number of nitrogens with two attached hydrogens (primary N) is 1. The van der Waals surface area contributed by atoms with Gasteiger partial charge in [0.1, 0.15) is 18.2 Å². The molecule has 0 unspecified atom stereocenters. The van der Waals surface area contributed by atoms with Crippen molar-refractivity contribution >= 4 is 5.69 Å². The van der Waals surface area contributed by atoms with Crippen LogP contribution in [0.3, 0.4) is 0 Å². The van der Waals surface area contributed by atoms with Crippen molar-refractivity contribution in [3.05, 3.63) is 58.9 Å². The summed E-state index contributed by atoms with van der Waals surface area (Å²) in [5.41, 5.74) is 9.77. The summed E-state index contributed by atoms with van der Waals surface area (Å²) < 4.78 is 18.7. The largest absolute Gasteiger partial charge is 0.489 e. The number of rotatable bonds is 4. The Balaban J connectivity index is 2.20. The van der Waals surface area contributed by atoms with Crippen LogP contribution in [-0.4, -0.2) is 0 Å². The molecule has 2 aromatic carbocycles. The smallest absolute Gasteiger partial charge is 0.123 e. The third-order valence-electron chi connectivity index (χ3n) is 3.33. The molecule has 20 heavy (non-hydrogen) atoms. The summed E-state index contributed by atoms with van der Waals surface area (Å²) in [6.45, 7) is 6.59. The molecule has 0 saturated carbocycles. The lowest BCUT2D eigenvalue weighted by Crippen LogP contribution is -2.02. The van der Waals surface area contributed by atoms with Gasteiger partial charge in [-0.15, -0.1) is 0 Å². The summed E-state index contributed by atoms with van der Waals surface area (Å²) in [7, 11) is 0. The molecule has 0 aliphatic heterocycles. The minimum atomic E-state index is -0.236. The van der Waals surface area contributed by atoms with Gasteiger partial charge in [-0.25, -0.2) is 4.39 Å². The van der Waals surface area contributed by atoms with Crippen molar-refractivity contribution in [2.45, 2.75) is 33.3 Å². The van der Waals surface area contributed by atoms with Gasteiger partial charge in [-0.2, -0.15) is 0 Å². The molecule has 0 aliphatic carbocycles.